The van der Waals surface area contributed by atoms with Crippen molar-refractivity contribution in [1.82, 2.24) is 9.78 Å². The van der Waals surface area contributed by atoms with Crippen molar-refractivity contribution in [2.24, 2.45) is 0 Å². The first-order valence-corrected chi connectivity index (χ1v) is 9.45. The van der Waals surface area contributed by atoms with Crippen molar-refractivity contribution in [2.45, 2.75) is 26.8 Å². The van der Waals surface area contributed by atoms with Crippen molar-refractivity contribution in [1.29, 1.82) is 0 Å². The van der Waals surface area contributed by atoms with E-state index in [0.29, 0.717) is 17.1 Å². The van der Waals surface area contributed by atoms with E-state index in [1.165, 1.54) is 11.0 Å². The van der Waals surface area contributed by atoms with Crippen LogP contribution in [0.4, 0.5) is 11.4 Å². The minimum Gasteiger partial charge on any atom is -0.323 e. The molecule has 0 fully saturated rings. The molecule has 2 heterocycles. The van der Waals surface area contributed by atoms with Gasteiger partial charge in [0.25, 0.3) is 11.8 Å². The molecule has 0 saturated heterocycles. The maximum absolute atomic E-state index is 13.6. The molecule has 2 aromatic carbocycles. The predicted molar refractivity (Wildman–Crippen MR) is 113 cm³/mol. The van der Waals surface area contributed by atoms with E-state index in [4.69, 9.17) is 0 Å². The first-order chi connectivity index (χ1) is 14.0. The number of amides is 2. The zero-order chi connectivity index (χ0) is 20.5. The molecule has 1 aromatic heterocycles. The number of nitrogens with zero attached hydrogens (tertiary/aromatic N) is 3. The summed E-state index contributed by atoms with van der Waals surface area (Å²) in [6.07, 6.45) is 3.15. The Kier molecular flexibility index (Phi) is 4.76. The number of allylic oxidation sites excluding steroid dienone is 1. The monoisotopic (exact) mass is 386 g/mol. The SMILES string of the molecule is CC1=CC(=O)N(c2ccccc2)C(C(=O)Nc2c(C)cccc2C)c2ccnn21. The van der Waals surface area contributed by atoms with Gasteiger partial charge >= 0.3 is 0 Å². The molecule has 29 heavy (non-hydrogen) atoms. The first kappa shape index (κ1) is 18.7. The fourth-order valence-corrected chi connectivity index (χ4v) is 3.70. The van der Waals surface area contributed by atoms with Gasteiger partial charge in [0.15, 0.2) is 6.04 Å². The topological polar surface area (TPSA) is 67.2 Å². The van der Waals surface area contributed by atoms with Crippen LogP contribution in [0.25, 0.3) is 5.70 Å². The van der Waals surface area contributed by atoms with Crippen molar-refractivity contribution in [3.05, 3.63) is 83.7 Å². The largest absolute Gasteiger partial charge is 0.323 e. The van der Waals surface area contributed by atoms with E-state index in [9.17, 15) is 9.59 Å². The number of aromatic nitrogens is 2. The second-order valence-corrected chi connectivity index (χ2v) is 7.16. The fraction of sp³-hybridized carbons (Fsp3) is 0.174. The van der Waals surface area contributed by atoms with Crippen LogP contribution in [0.2, 0.25) is 0 Å². The van der Waals surface area contributed by atoms with E-state index in [1.807, 2.05) is 69.3 Å². The summed E-state index contributed by atoms with van der Waals surface area (Å²) >= 11 is 0. The number of hydrogen-bond acceptors (Lipinski definition) is 3. The van der Waals surface area contributed by atoms with Crippen LogP contribution in [0.3, 0.4) is 0 Å². The Hall–Kier alpha value is -3.67. The highest BCUT2D eigenvalue weighted by atomic mass is 16.2. The van der Waals surface area contributed by atoms with Gasteiger partial charge in [0.1, 0.15) is 0 Å². The van der Waals surface area contributed by atoms with Crippen molar-refractivity contribution in [3.63, 3.8) is 0 Å². The molecule has 0 bridgehead atoms. The van der Waals surface area contributed by atoms with Crippen LogP contribution in [-0.4, -0.2) is 21.6 Å². The van der Waals surface area contributed by atoms with Gasteiger partial charge < -0.3 is 5.32 Å². The predicted octanol–water partition coefficient (Wildman–Crippen LogP) is 4.09. The summed E-state index contributed by atoms with van der Waals surface area (Å²) in [5, 5.41) is 7.37. The van der Waals surface area contributed by atoms with Crippen molar-refractivity contribution in [2.75, 3.05) is 10.2 Å². The summed E-state index contributed by atoms with van der Waals surface area (Å²) in [5.74, 6) is -0.551. The van der Waals surface area contributed by atoms with Gasteiger partial charge in [-0.25, -0.2) is 4.68 Å². The standard InChI is InChI=1S/C23H22N4O2/c1-15-8-7-9-16(2)21(15)25-23(29)22-19-12-13-24-27(19)17(3)14-20(28)26(22)18-10-5-4-6-11-18/h4-14,22H,1-3H3,(H,25,29). The molecule has 1 atom stereocenters. The van der Waals surface area contributed by atoms with Crippen LogP contribution in [0, 0.1) is 13.8 Å². The molecule has 1 N–H and O–H groups in total. The van der Waals surface area contributed by atoms with Crippen LogP contribution in [-0.2, 0) is 9.59 Å². The number of fused-ring (bicyclic) bond motifs is 1. The number of anilines is 2. The molecule has 1 aliphatic heterocycles. The summed E-state index contributed by atoms with van der Waals surface area (Å²) in [6, 6.07) is 16.0. The van der Waals surface area contributed by atoms with Crippen LogP contribution >= 0.6 is 0 Å². The van der Waals surface area contributed by atoms with Gasteiger partial charge in [-0.2, -0.15) is 5.10 Å². The molecule has 0 saturated carbocycles. The molecule has 0 aliphatic carbocycles. The summed E-state index contributed by atoms with van der Waals surface area (Å²) in [7, 11) is 0. The molecule has 1 aliphatic rings. The molecule has 2 amide bonds. The number of para-hydroxylation sites is 2. The Morgan fingerprint density at radius 1 is 0.966 bits per heavy atom. The number of rotatable bonds is 3. The van der Waals surface area contributed by atoms with Gasteiger partial charge in [-0.15, -0.1) is 0 Å². The minimum absolute atomic E-state index is 0.263. The number of nitrogens with one attached hydrogen (secondary N) is 1. The molecule has 3 aromatic rings. The first-order valence-electron chi connectivity index (χ1n) is 9.45. The second-order valence-electron chi connectivity index (χ2n) is 7.16. The van der Waals surface area contributed by atoms with Crippen molar-refractivity contribution in [3.8, 4) is 0 Å². The molecule has 6 nitrogen and oxygen atoms in total. The third-order valence-electron chi connectivity index (χ3n) is 5.13. The Bertz CT molecular complexity index is 1090. The van der Waals surface area contributed by atoms with Gasteiger partial charge in [0.05, 0.1) is 5.69 Å². The van der Waals surface area contributed by atoms with E-state index in [1.54, 1.807) is 16.9 Å². The van der Waals surface area contributed by atoms with Gasteiger partial charge in [-0.05, 0) is 50.1 Å². The highest BCUT2D eigenvalue weighted by Gasteiger charge is 2.37. The molecule has 0 radical (unpaired) electrons. The third kappa shape index (κ3) is 3.33. The third-order valence-corrected chi connectivity index (χ3v) is 5.13. The smallest absolute Gasteiger partial charge is 0.253 e. The van der Waals surface area contributed by atoms with Gasteiger partial charge in [0, 0.05) is 29.3 Å². The van der Waals surface area contributed by atoms with E-state index in [2.05, 4.69) is 10.4 Å². The lowest BCUT2D eigenvalue weighted by Crippen LogP contribution is -2.40. The molecule has 0 spiro atoms. The van der Waals surface area contributed by atoms with Crippen LogP contribution in [0.1, 0.15) is 29.8 Å². The molecular formula is C23H22N4O2. The van der Waals surface area contributed by atoms with Crippen LogP contribution < -0.4 is 10.2 Å². The number of carbonyl (C=O) groups excluding carboxylic acids is 2. The van der Waals surface area contributed by atoms with Crippen LogP contribution in [0.5, 0.6) is 0 Å². The minimum atomic E-state index is -0.861. The molecule has 6 heteroatoms. The molecular weight excluding hydrogens is 364 g/mol. The quantitative estimate of drug-likeness (QED) is 0.737. The second kappa shape index (κ2) is 7.39. The normalized spacial score (nSPS) is 16.1. The number of carbonyl (C=O) groups is 2. The summed E-state index contributed by atoms with van der Waals surface area (Å²) in [6.45, 7) is 5.71. The average molecular weight is 386 g/mol. The summed E-state index contributed by atoms with van der Waals surface area (Å²) in [4.78, 5) is 28.2. The summed E-state index contributed by atoms with van der Waals surface area (Å²) in [5.41, 5.74) is 4.64. The Morgan fingerprint density at radius 2 is 1.66 bits per heavy atom. The van der Waals surface area contributed by atoms with E-state index >= 15 is 0 Å². The Balaban J connectivity index is 1.84. The van der Waals surface area contributed by atoms with Crippen molar-refractivity contribution < 1.29 is 9.59 Å². The van der Waals surface area contributed by atoms with Gasteiger partial charge in [-0.1, -0.05) is 36.4 Å². The maximum atomic E-state index is 13.6. The Labute approximate surface area is 169 Å². The summed E-state index contributed by atoms with van der Waals surface area (Å²) < 4.78 is 1.65. The molecule has 4 rings (SSSR count). The lowest BCUT2D eigenvalue weighted by molar-refractivity contribution is -0.121. The number of benzene rings is 2. The number of aryl methyl sites for hydroxylation is 2. The highest BCUT2D eigenvalue weighted by Crippen LogP contribution is 2.33. The van der Waals surface area contributed by atoms with Gasteiger partial charge in [0.2, 0.25) is 0 Å². The zero-order valence-electron chi connectivity index (χ0n) is 16.6. The maximum Gasteiger partial charge on any atom is 0.253 e. The highest BCUT2D eigenvalue weighted by molar-refractivity contribution is 6.11. The zero-order valence-corrected chi connectivity index (χ0v) is 16.6. The number of hydrogen-bond donors (Lipinski definition) is 1. The molecule has 1 unspecified atom stereocenters. The van der Waals surface area contributed by atoms with E-state index in [0.717, 1.165) is 16.8 Å². The lowest BCUT2D eigenvalue weighted by Gasteiger charge is -2.29. The average Bonchev–Trinajstić information content (AvgIpc) is 3.15. The van der Waals surface area contributed by atoms with E-state index in [-0.39, 0.29) is 11.8 Å². The fourth-order valence-electron chi connectivity index (χ4n) is 3.70. The Morgan fingerprint density at radius 3 is 2.34 bits per heavy atom. The molecule has 146 valence electrons. The lowest BCUT2D eigenvalue weighted by atomic mass is 10.1. The van der Waals surface area contributed by atoms with Gasteiger partial charge in [-0.3, -0.25) is 14.5 Å². The van der Waals surface area contributed by atoms with E-state index < -0.39 is 6.04 Å². The van der Waals surface area contributed by atoms with Crippen LogP contribution in [0.15, 0.2) is 66.9 Å². The van der Waals surface area contributed by atoms with Crippen molar-refractivity contribution >= 4 is 28.9 Å².